The van der Waals surface area contributed by atoms with Crippen molar-refractivity contribution in [3.8, 4) is 0 Å². The summed E-state index contributed by atoms with van der Waals surface area (Å²) in [6.45, 7) is 5.11. The minimum absolute atomic E-state index is 0. The van der Waals surface area contributed by atoms with Crippen molar-refractivity contribution in [2.24, 2.45) is 28.2 Å². The largest absolute Gasteiger partial charge is 2.00 e. The number of aromatic nitrogens is 10. The number of aliphatic carboxylic acids is 1. The van der Waals surface area contributed by atoms with Gasteiger partial charge in [-0.25, -0.2) is 19.9 Å². The monoisotopic (exact) mass is 671 g/mol. The smallest absolute Gasteiger partial charge is 0.578 e. The van der Waals surface area contributed by atoms with E-state index in [4.69, 9.17) is 9.90 Å². The standard InChI is InChI=1S/C25H33N12.C2H4O2.2Mn/c1-32-9-5-26-22(32)16-36(17-23-27-6-10-33(23)2)14-20-13-21(31-30-20)15-37(18-24-28-7-11-34(24)3)19-25-29-8-12-35(25)4;1-2(3)4;;/h5-13H,14-19H2,1-4H3;1H3,(H,3,4);;/q-1;;;+2. The second-order valence-corrected chi connectivity index (χ2v) is 9.95. The molecular weight excluding hydrogens is 634 g/mol. The summed E-state index contributed by atoms with van der Waals surface area (Å²) in [5.41, 5.74) is 1.85. The SMILES string of the molecule is CC(=O)O.Cn1ccnc1CN(Cc1cc(CN(Cc2nccn2C)Cc2nccn2C)[n-]n1)Cc1nccn1C.[Mn+2].[Mn]. The first-order chi connectivity index (χ1) is 19.7. The number of carbonyl (C=O) groups is 1. The third kappa shape index (κ3) is 10.6. The van der Waals surface area contributed by atoms with Gasteiger partial charge in [-0.05, 0) is 0 Å². The molecule has 0 atom stereocenters. The van der Waals surface area contributed by atoms with Crippen molar-refractivity contribution in [1.29, 1.82) is 0 Å². The van der Waals surface area contributed by atoms with Gasteiger partial charge in [-0.15, -0.1) is 5.69 Å². The van der Waals surface area contributed by atoms with Crippen molar-refractivity contribution in [2.45, 2.75) is 46.2 Å². The average molecular weight is 672 g/mol. The van der Waals surface area contributed by atoms with Crippen LogP contribution in [0.5, 0.6) is 0 Å². The third-order valence-corrected chi connectivity index (χ3v) is 6.56. The van der Waals surface area contributed by atoms with Crippen LogP contribution >= 0.6 is 0 Å². The Bertz CT molecular complexity index is 1340. The number of aryl methyl sites for hydroxylation is 4. The molecule has 14 nitrogen and oxygen atoms in total. The Balaban J connectivity index is 0.00000101. The first-order valence-corrected chi connectivity index (χ1v) is 13.1. The number of nitrogens with zero attached hydrogens (tertiary/aromatic N) is 12. The topological polar surface area (TPSA) is 142 Å². The van der Waals surface area contributed by atoms with Crippen molar-refractivity contribution >= 4 is 5.97 Å². The van der Waals surface area contributed by atoms with Gasteiger partial charge >= 0.3 is 17.1 Å². The van der Waals surface area contributed by atoms with Crippen molar-refractivity contribution in [3.05, 3.63) is 90.3 Å². The van der Waals surface area contributed by atoms with Crippen LogP contribution in [0, 0.1) is 0 Å². The zero-order valence-corrected chi connectivity index (χ0v) is 27.3. The van der Waals surface area contributed by atoms with E-state index in [1.54, 1.807) is 0 Å². The van der Waals surface area contributed by atoms with Gasteiger partial charge in [0.1, 0.15) is 23.3 Å². The molecule has 0 saturated carbocycles. The van der Waals surface area contributed by atoms with Gasteiger partial charge in [-0.1, -0.05) is 6.07 Å². The molecule has 0 aliphatic carbocycles. The van der Waals surface area contributed by atoms with Gasteiger partial charge < -0.3 is 33.6 Å². The maximum absolute atomic E-state index is 9.00. The summed E-state index contributed by atoms with van der Waals surface area (Å²) in [6, 6.07) is 2.09. The fourth-order valence-corrected chi connectivity index (χ4v) is 4.32. The normalized spacial score (nSPS) is 10.8. The van der Waals surface area contributed by atoms with Crippen molar-refractivity contribution < 1.29 is 44.0 Å². The number of hydrogen-bond acceptors (Lipinski definition) is 8. The maximum Gasteiger partial charge on any atom is 2.00 e. The zero-order valence-electron chi connectivity index (χ0n) is 24.9. The fourth-order valence-electron chi connectivity index (χ4n) is 4.32. The number of carboxylic acid groups (broad SMARTS) is 1. The van der Waals surface area contributed by atoms with E-state index in [-0.39, 0.29) is 34.1 Å². The summed E-state index contributed by atoms with van der Waals surface area (Å²) in [5.74, 6) is 3.13. The summed E-state index contributed by atoms with van der Waals surface area (Å²) >= 11 is 0. The molecule has 0 aromatic carbocycles. The summed E-state index contributed by atoms with van der Waals surface area (Å²) in [5, 5.41) is 16.5. The molecule has 1 N–H and O–H groups in total. The predicted molar refractivity (Wildman–Crippen MR) is 150 cm³/mol. The van der Waals surface area contributed by atoms with Gasteiger partial charge in [0.15, 0.2) is 0 Å². The fraction of sp³-hybridized carbons (Fsp3) is 0.407. The van der Waals surface area contributed by atoms with Gasteiger partial charge in [0.2, 0.25) is 0 Å². The van der Waals surface area contributed by atoms with Crippen molar-refractivity contribution in [3.63, 3.8) is 0 Å². The zero-order chi connectivity index (χ0) is 29.4. The molecule has 0 saturated heterocycles. The second-order valence-electron chi connectivity index (χ2n) is 9.95. The van der Waals surface area contributed by atoms with Crippen LogP contribution in [-0.2, 0) is 106 Å². The van der Waals surface area contributed by atoms with E-state index < -0.39 is 5.97 Å². The Morgan fingerprint density at radius 1 is 0.698 bits per heavy atom. The van der Waals surface area contributed by atoms with Crippen molar-refractivity contribution in [1.82, 2.24) is 58.2 Å². The van der Waals surface area contributed by atoms with Crippen LogP contribution in [0.2, 0.25) is 0 Å². The van der Waals surface area contributed by atoms with Crippen LogP contribution in [-0.4, -0.2) is 64.2 Å². The van der Waals surface area contributed by atoms with E-state index in [2.05, 4.69) is 46.0 Å². The molecule has 16 heteroatoms. The second kappa shape index (κ2) is 16.9. The van der Waals surface area contributed by atoms with Gasteiger partial charge in [-0.3, -0.25) is 14.6 Å². The molecule has 0 unspecified atom stereocenters. The van der Waals surface area contributed by atoms with Crippen LogP contribution in [0.25, 0.3) is 0 Å². The molecular formula is C27H37Mn2N12O2+. The number of carboxylic acids is 1. The molecule has 0 bridgehead atoms. The third-order valence-electron chi connectivity index (χ3n) is 6.56. The molecule has 2 radical (unpaired) electrons. The van der Waals surface area contributed by atoms with Gasteiger partial charge in [0, 0.05) is 121 Å². The molecule has 0 aliphatic heterocycles. The molecule has 5 rings (SSSR count). The Morgan fingerprint density at radius 2 is 1.02 bits per heavy atom. The minimum Gasteiger partial charge on any atom is -0.578 e. The Hall–Kier alpha value is -3.52. The maximum atomic E-state index is 9.00. The van der Waals surface area contributed by atoms with E-state index in [0.29, 0.717) is 39.3 Å². The molecule has 5 heterocycles. The van der Waals surface area contributed by atoms with Crippen LogP contribution in [0.4, 0.5) is 0 Å². The first kappa shape index (κ1) is 35.7. The molecule has 5 aromatic rings. The first-order valence-electron chi connectivity index (χ1n) is 13.1. The van der Waals surface area contributed by atoms with Gasteiger partial charge in [-0.2, -0.15) is 0 Å². The molecule has 43 heavy (non-hydrogen) atoms. The van der Waals surface area contributed by atoms with Crippen LogP contribution in [0.3, 0.4) is 0 Å². The quantitative estimate of drug-likeness (QED) is 0.194. The summed E-state index contributed by atoms with van der Waals surface area (Å²) in [7, 11) is 8.05. The molecule has 230 valence electrons. The minimum atomic E-state index is -0.833. The van der Waals surface area contributed by atoms with Crippen LogP contribution in [0.1, 0.15) is 41.6 Å². The van der Waals surface area contributed by atoms with Crippen LogP contribution < -0.4 is 5.10 Å². The predicted octanol–water partition coefficient (Wildman–Crippen LogP) is 1.46. The van der Waals surface area contributed by atoms with Crippen molar-refractivity contribution in [2.75, 3.05) is 0 Å². The number of hydrogen-bond donors (Lipinski definition) is 1. The molecule has 0 aliphatic rings. The number of imidazole rings is 4. The van der Waals surface area contributed by atoms with E-state index in [9.17, 15) is 0 Å². The number of rotatable bonds is 12. The van der Waals surface area contributed by atoms with E-state index in [1.807, 2.05) is 96.0 Å². The Kier molecular flexibility index (Phi) is 14.1. The molecule has 0 amide bonds. The molecule has 5 aromatic heterocycles. The van der Waals surface area contributed by atoms with Crippen LogP contribution in [0.15, 0.2) is 55.6 Å². The van der Waals surface area contributed by atoms with E-state index in [1.165, 1.54) is 0 Å². The molecule has 0 fully saturated rings. The Morgan fingerprint density at radius 3 is 1.33 bits per heavy atom. The summed E-state index contributed by atoms with van der Waals surface area (Å²) in [4.78, 5) is 31.6. The summed E-state index contributed by atoms with van der Waals surface area (Å²) in [6.07, 6.45) is 15.2. The van der Waals surface area contributed by atoms with Gasteiger partial charge in [0.05, 0.1) is 26.2 Å². The molecule has 0 spiro atoms. The Labute approximate surface area is 272 Å². The average Bonchev–Trinajstić information content (AvgIpc) is 3.74. The van der Waals surface area contributed by atoms with E-state index >= 15 is 0 Å². The van der Waals surface area contributed by atoms with Gasteiger partial charge in [0.25, 0.3) is 5.97 Å². The summed E-state index contributed by atoms with van der Waals surface area (Å²) < 4.78 is 8.17. The van der Waals surface area contributed by atoms with E-state index in [0.717, 1.165) is 41.6 Å².